The molecule has 0 aliphatic rings. The summed E-state index contributed by atoms with van der Waals surface area (Å²) in [6, 6.07) is 110. The molecule has 15 rings (SSSR count). The van der Waals surface area contributed by atoms with Crippen molar-refractivity contribution in [3.8, 4) is 69.0 Å². The second-order valence-electron chi connectivity index (χ2n) is 35.0. The summed E-state index contributed by atoms with van der Waals surface area (Å²) >= 11 is 0. The van der Waals surface area contributed by atoms with Gasteiger partial charge < -0.3 is 28.4 Å². The summed E-state index contributed by atoms with van der Waals surface area (Å²) in [5.74, 6) is 10.4. The third-order valence-corrected chi connectivity index (χ3v) is 24.8. The van der Waals surface area contributed by atoms with E-state index in [1.165, 1.54) is 145 Å². The summed E-state index contributed by atoms with van der Waals surface area (Å²) < 4.78 is 36.6. The average Bonchev–Trinajstić information content (AvgIpc) is 0.800. The van der Waals surface area contributed by atoms with E-state index >= 15 is 0 Å². The Kier molecular flexibility index (Phi) is 42.9. The van der Waals surface area contributed by atoms with Gasteiger partial charge in [-0.2, -0.15) is 70.8 Å². The van der Waals surface area contributed by atoms with Crippen molar-refractivity contribution in [2.24, 2.45) is 0 Å². The Bertz CT molecular complexity index is 5740. The van der Waals surface area contributed by atoms with Crippen LogP contribution in [0.5, 0.6) is 69.0 Å². The van der Waals surface area contributed by atoms with Crippen molar-refractivity contribution in [3.05, 3.63) is 460 Å². The van der Waals surface area contributed by atoms with Gasteiger partial charge in [-0.1, -0.05) is 250 Å². The first-order chi connectivity index (χ1) is 62.4. The van der Waals surface area contributed by atoms with Crippen LogP contribution in [0, 0.1) is 151 Å². The van der Waals surface area contributed by atoms with Gasteiger partial charge in [-0.3, -0.25) is 0 Å². The molecular formula is C125H146O6W. The minimum Gasteiger partial charge on any atom is -0.457 e. The molecule has 0 fully saturated rings. The Morgan fingerprint density at radius 1 is 0.174 bits per heavy atom. The van der Waals surface area contributed by atoms with E-state index in [1.807, 2.05) is 157 Å². The zero-order valence-electron chi connectivity index (χ0n) is 85.2. The number of benzene rings is 15. The Morgan fingerprint density at radius 3 is 0.538 bits per heavy atom. The van der Waals surface area contributed by atoms with Crippen LogP contribution in [-0.4, -0.2) is 0 Å². The SMILES string of the molecule is CC.CC.CC.Cc1c[c-]ccc1C.Cc1c[c-]ccc1C.Cc1cc(C)c(C)cc1C.Cc1ccc(Oc2ccc(C(C)(C)c3ccc(Oc4ccc(C)c(C)c4)cc3)cc2)cc1C.Cc1ccc(Oc2ccc(C(C)(C)c3ccc(Oc4cccc(C)c4C)cc3)cc2)cc1C.Cc1cccc(Oc2ccc(C(C)(C)c3ccc(Oc4cccc(C)c4C)cc3)cc2)c1C.[W+2]. The quantitative estimate of drug-likeness (QED) is 0.0798. The molecule has 132 heavy (non-hydrogen) atoms. The van der Waals surface area contributed by atoms with Gasteiger partial charge in [0.1, 0.15) is 69.0 Å². The van der Waals surface area contributed by atoms with Gasteiger partial charge in [0.05, 0.1) is 0 Å². The van der Waals surface area contributed by atoms with Crippen molar-refractivity contribution < 1.29 is 49.5 Å². The van der Waals surface area contributed by atoms with E-state index in [0.717, 1.165) is 69.0 Å². The zero-order valence-corrected chi connectivity index (χ0v) is 88.2. The van der Waals surface area contributed by atoms with E-state index in [9.17, 15) is 0 Å². The number of hydrogen-bond donors (Lipinski definition) is 0. The van der Waals surface area contributed by atoms with Crippen LogP contribution in [0.4, 0.5) is 0 Å². The van der Waals surface area contributed by atoms with E-state index in [-0.39, 0.29) is 37.3 Å². The minimum atomic E-state index is -0.143. The summed E-state index contributed by atoms with van der Waals surface area (Å²) in [5, 5.41) is 0. The van der Waals surface area contributed by atoms with Crippen LogP contribution in [0.1, 0.15) is 228 Å². The normalized spacial score (nSPS) is 10.5. The molecule has 6 nitrogen and oxygen atoms in total. The van der Waals surface area contributed by atoms with E-state index in [4.69, 9.17) is 28.4 Å². The zero-order chi connectivity index (χ0) is 96.5. The molecule has 0 amide bonds. The molecule has 0 aliphatic heterocycles. The summed E-state index contributed by atoms with van der Waals surface area (Å²) in [7, 11) is 0. The molecule has 688 valence electrons. The van der Waals surface area contributed by atoms with Crippen molar-refractivity contribution in [2.45, 2.75) is 238 Å². The smallest absolute Gasteiger partial charge is 0.457 e. The van der Waals surface area contributed by atoms with Gasteiger partial charge in [-0.15, -0.1) is 0 Å². The largest absolute Gasteiger partial charge is 2.00 e. The number of ether oxygens (including phenoxy) is 6. The summed E-state index contributed by atoms with van der Waals surface area (Å²) in [6.07, 6.45) is 0. The van der Waals surface area contributed by atoms with Crippen LogP contribution < -0.4 is 28.4 Å². The Hall–Kier alpha value is -12.2. The average molecular weight is 1930 g/mol. The Labute approximate surface area is 810 Å². The maximum Gasteiger partial charge on any atom is 2.00 e. The van der Waals surface area contributed by atoms with Crippen LogP contribution in [0.3, 0.4) is 0 Å². The van der Waals surface area contributed by atoms with E-state index in [0.29, 0.717) is 0 Å². The molecular weight excluding hydrogens is 1780 g/mol. The number of aryl methyl sites for hydroxylation is 17. The third-order valence-electron chi connectivity index (χ3n) is 24.8. The summed E-state index contributed by atoms with van der Waals surface area (Å²) in [5.41, 5.74) is 32.6. The molecule has 0 radical (unpaired) electrons. The molecule has 7 heteroatoms. The van der Waals surface area contributed by atoms with E-state index in [2.05, 4.69) is 380 Å². The molecule has 0 spiro atoms. The van der Waals surface area contributed by atoms with Gasteiger partial charge in [0.15, 0.2) is 0 Å². The summed E-state index contributed by atoms with van der Waals surface area (Å²) in [4.78, 5) is 0. The van der Waals surface area contributed by atoms with Crippen molar-refractivity contribution in [2.75, 3.05) is 0 Å². The molecule has 15 aromatic rings. The maximum absolute atomic E-state index is 6.14. The molecule has 0 heterocycles. The number of hydrogen-bond acceptors (Lipinski definition) is 6. The fraction of sp³-hybridized carbons (Fsp3) is 0.280. The molecule has 0 aliphatic carbocycles. The Balaban J connectivity index is 0.000000259. The van der Waals surface area contributed by atoms with Gasteiger partial charge >= 0.3 is 21.1 Å². The van der Waals surface area contributed by atoms with Gasteiger partial charge in [-0.25, -0.2) is 0 Å². The topological polar surface area (TPSA) is 55.4 Å². The van der Waals surface area contributed by atoms with Crippen molar-refractivity contribution in [3.63, 3.8) is 0 Å². The molecule has 0 atom stereocenters. The fourth-order valence-corrected chi connectivity index (χ4v) is 14.1. The predicted molar refractivity (Wildman–Crippen MR) is 560 cm³/mol. The monoisotopic (exact) mass is 1930 g/mol. The minimum absolute atomic E-state index is 0. The molecule has 0 saturated carbocycles. The second-order valence-corrected chi connectivity index (χ2v) is 35.0. The van der Waals surface area contributed by atoms with Crippen LogP contribution in [0.25, 0.3) is 0 Å². The predicted octanol–water partition coefficient (Wildman–Crippen LogP) is 36.7. The third kappa shape index (κ3) is 31.2. The fourth-order valence-electron chi connectivity index (χ4n) is 14.1. The van der Waals surface area contributed by atoms with Crippen molar-refractivity contribution in [1.82, 2.24) is 0 Å². The standard InChI is InChI=1S/3C31H32O2.C10H14.2C8H9.3C2H6.W/c1-21-7-13-29(19-23(21)3)32-27-15-9-25(10-16-27)31(5,6)26-11-17-28(18-12-26)33-30-14-8-22(2)24(4)20-30;1-21-9-7-11-29(23(21)3)32-27-17-13-25(14-18-27)31(5,6)26-15-19-28(20-16-26)33-30-12-8-10-22(2)24(30)4;1-21-10-15-29(20-23(21)3)32-27-16-11-25(12-17-27)31(5,6)26-13-18-28(19-14-26)33-30-9-7-8-22(2)24(30)4;1-7-5-9(3)10(4)6-8(7)2;2*1-7-5-3-4-6-8(7)2;3*1-2;/h3*7-20H,1-6H3;5-6H,1-4H3;2*3,5-6H,1-2H3;3*1-2H3;/q;;;;2*-1;;;;+2. The molecule has 0 unspecified atom stereocenters. The van der Waals surface area contributed by atoms with Crippen LogP contribution in [0.15, 0.2) is 303 Å². The molecule has 15 aromatic carbocycles. The molecule has 0 bridgehead atoms. The Morgan fingerprint density at radius 2 is 0.356 bits per heavy atom. The van der Waals surface area contributed by atoms with Gasteiger partial charge in [0, 0.05) is 16.2 Å². The first kappa shape index (κ1) is 109. The van der Waals surface area contributed by atoms with Crippen molar-refractivity contribution in [1.29, 1.82) is 0 Å². The maximum atomic E-state index is 6.14. The first-order valence-corrected chi connectivity index (χ1v) is 46.5. The molecule has 0 saturated heterocycles. The number of rotatable bonds is 18. The van der Waals surface area contributed by atoms with Gasteiger partial charge in [0.2, 0.25) is 0 Å². The van der Waals surface area contributed by atoms with Gasteiger partial charge in [0.25, 0.3) is 0 Å². The molecule has 0 N–H and O–H groups in total. The van der Waals surface area contributed by atoms with E-state index < -0.39 is 0 Å². The van der Waals surface area contributed by atoms with Gasteiger partial charge in [-0.05, 0) is 361 Å². The first-order valence-electron chi connectivity index (χ1n) is 46.5. The van der Waals surface area contributed by atoms with Crippen LogP contribution in [0.2, 0.25) is 0 Å². The molecule has 0 aromatic heterocycles. The van der Waals surface area contributed by atoms with Crippen molar-refractivity contribution >= 4 is 0 Å². The summed E-state index contributed by atoms with van der Waals surface area (Å²) in [6.45, 7) is 67.7. The second kappa shape index (κ2) is 52.1. The van der Waals surface area contributed by atoms with Crippen LogP contribution in [-0.2, 0) is 37.3 Å². The van der Waals surface area contributed by atoms with Crippen LogP contribution >= 0.6 is 0 Å². The van der Waals surface area contributed by atoms with E-state index in [1.54, 1.807) is 0 Å².